The molecular weight excluding hydrogens is 298 g/mol. The van der Waals surface area contributed by atoms with E-state index in [1.54, 1.807) is 6.20 Å². The molecule has 1 aliphatic rings. The first kappa shape index (κ1) is 13.0. The van der Waals surface area contributed by atoms with Crippen LogP contribution in [0, 0.1) is 6.92 Å². The number of nitrogens with two attached hydrogens (primary N) is 1. The van der Waals surface area contributed by atoms with Gasteiger partial charge in [-0.3, -0.25) is 0 Å². The number of hydrogen-bond donors (Lipinski definition) is 2. The van der Waals surface area contributed by atoms with Crippen molar-refractivity contribution in [3.63, 3.8) is 0 Å². The zero-order chi connectivity index (χ0) is 12.4. The highest BCUT2D eigenvalue weighted by atomic mass is 79.9. The predicted molar refractivity (Wildman–Crippen MR) is 79.7 cm³/mol. The summed E-state index contributed by atoms with van der Waals surface area (Å²) in [7, 11) is 0. The molecule has 1 aromatic rings. The van der Waals surface area contributed by atoms with Crippen LogP contribution in [0.1, 0.15) is 24.8 Å². The van der Waals surface area contributed by atoms with Crippen LogP contribution in [0.4, 0.5) is 11.5 Å². The quantitative estimate of drug-likeness (QED) is 0.897. The Hall–Kier alpha value is -0.420. The second kappa shape index (κ2) is 5.48. The van der Waals surface area contributed by atoms with Crippen molar-refractivity contribution in [2.75, 3.05) is 17.3 Å². The van der Waals surface area contributed by atoms with Crippen LogP contribution >= 0.6 is 27.7 Å². The van der Waals surface area contributed by atoms with Gasteiger partial charge < -0.3 is 11.1 Å². The molecule has 5 heteroatoms. The van der Waals surface area contributed by atoms with Gasteiger partial charge in [-0.2, -0.15) is 11.8 Å². The maximum absolute atomic E-state index is 5.83. The summed E-state index contributed by atoms with van der Waals surface area (Å²) in [4.78, 5) is 4.38. The first-order valence-electron chi connectivity index (χ1n) is 5.83. The van der Waals surface area contributed by atoms with Crippen LogP contribution in [-0.2, 0) is 0 Å². The Morgan fingerprint density at radius 2 is 2.29 bits per heavy atom. The van der Waals surface area contributed by atoms with E-state index in [2.05, 4.69) is 32.5 Å². The fourth-order valence-corrected chi connectivity index (χ4v) is 3.62. The number of pyridine rings is 1. The summed E-state index contributed by atoms with van der Waals surface area (Å²) in [6.07, 6.45) is 7.73. The predicted octanol–water partition coefficient (Wildman–Crippen LogP) is 3.43. The van der Waals surface area contributed by atoms with E-state index < -0.39 is 0 Å². The van der Waals surface area contributed by atoms with Gasteiger partial charge >= 0.3 is 0 Å². The summed E-state index contributed by atoms with van der Waals surface area (Å²) in [5.41, 5.74) is 7.62. The second-order valence-corrected chi connectivity index (χ2v) is 6.33. The Labute approximate surface area is 115 Å². The summed E-state index contributed by atoms with van der Waals surface area (Å²) in [5, 5.41) is 4.24. The van der Waals surface area contributed by atoms with Crippen molar-refractivity contribution < 1.29 is 0 Å². The molecule has 3 nitrogen and oxygen atoms in total. The van der Waals surface area contributed by atoms with Gasteiger partial charge in [0.05, 0.1) is 16.4 Å². The molecule has 0 radical (unpaired) electrons. The maximum Gasteiger partial charge on any atom is 0.140 e. The Balaban J connectivity index is 2.16. The van der Waals surface area contributed by atoms with E-state index in [9.17, 15) is 0 Å². The smallest absolute Gasteiger partial charge is 0.140 e. The normalized spacial score (nSPS) is 23.9. The third-order valence-corrected chi connectivity index (χ3v) is 5.52. The van der Waals surface area contributed by atoms with E-state index >= 15 is 0 Å². The van der Waals surface area contributed by atoms with E-state index in [0.717, 1.165) is 21.5 Å². The number of halogens is 1. The zero-order valence-corrected chi connectivity index (χ0v) is 12.6. The molecule has 1 fully saturated rings. The van der Waals surface area contributed by atoms with E-state index in [-0.39, 0.29) is 0 Å². The fraction of sp³-hybridized carbons (Fsp3) is 0.583. The third kappa shape index (κ3) is 2.71. The second-order valence-electron chi connectivity index (χ2n) is 4.46. The highest BCUT2D eigenvalue weighted by Crippen LogP contribution is 2.33. The lowest BCUT2D eigenvalue weighted by atomic mass is 10.2. The summed E-state index contributed by atoms with van der Waals surface area (Å²) in [5.74, 6) is 0.919. The van der Waals surface area contributed by atoms with Gasteiger partial charge in [-0.05, 0) is 47.5 Å². The third-order valence-electron chi connectivity index (χ3n) is 3.38. The average Bonchev–Trinajstić information content (AvgIpc) is 2.77. The minimum absolute atomic E-state index is 0.525. The molecule has 0 spiro atoms. The molecule has 1 aromatic heterocycles. The van der Waals surface area contributed by atoms with Crippen LogP contribution in [0.2, 0.25) is 0 Å². The minimum Gasteiger partial charge on any atom is -0.397 e. The van der Waals surface area contributed by atoms with Crippen LogP contribution < -0.4 is 11.1 Å². The topological polar surface area (TPSA) is 50.9 Å². The van der Waals surface area contributed by atoms with Gasteiger partial charge in [0.2, 0.25) is 0 Å². The Bertz CT molecular complexity index is 411. The van der Waals surface area contributed by atoms with Crippen molar-refractivity contribution in [2.45, 2.75) is 37.5 Å². The van der Waals surface area contributed by atoms with Crippen molar-refractivity contribution >= 4 is 39.2 Å². The summed E-state index contributed by atoms with van der Waals surface area (Å²) in [6, 6.07) is 0.525. The molecule has 0 saturated heterocycles. The lowest BCUT2D eigenvalue weighted by Gasteiger charge is -2.21. The van der Waals surface area contributed by atoms with Crippen molar-refractivity contribution in [2.24, 2.45) is 0 Å². The van der Waals surface area contributed by atoms with Gasteiger partial charge in [0.25, 0.3) is 0 Å². The Kier molecular flexibility index (Phi) is 4.20. The molecule has 0 aliphatic heterocycles. The van der Waals surface area contributed by atoms with Gasteiger partial charge in [-0.25, -0.2) is 4.98 Å². The van der Waals surface area contributed by atoms with Crippen molar-refractivity contribution in [3.8, 4) is 0 Å². The monoisotopic (exact) mass is 315 g/mol. The SMILES string of the molecule is CSC1CCCC1Nc1ncc(N)c(C)c1Br. The number of nitrogens with one attached hydrogen (secondary N) is 1. The number of rotatable bonds is 3. The van der Waals surface area contributed by atoms with Crippen molar-refractivity contribution in [3.05, 3.63) is 16.2 Å². The number of hydrogen-bond acceptors (Lipinski definition) is 4. The average molecular weight is 316 g/mol. The summed E-state index contributed by atoms with van der Waals surface area (Å²) < 4.78 is 0.990. The molecule has 17 heavy (non-hydrogen) atoms. The summed E-state index contributed by atoms with van der Waals surface area (Å²) >= 11 is 5.51. The molecule has 1 aliphatic carbocycles. The van der Waals surface area contributed by atoms with E-state index in [0.29, 0.717) is 11.3 Å². The molecule has 3 N–H and O–H groups in total. The molecular formula is C12H18BrN3S. The van der Waals surface area contributed by atoms with Gasteiger partial charge in [0.15, 0.2) is 0 Å². The number of anilines is 2. The maximum atomic E-state index is 5.83. The van der Waals surface area contributed by atoms with Crippen LogP contribution in [0.15, 0.2) is 10.7 Å². The molecule has 2 unspecified atom stereocenters. The van der Waals surface area contributed by atoms with Gasteiger partial charge in [0, 0.05) is 11.3 Å². The van der Waals surface area contributed by atoms with Crippen LogP contribution in [-0.4, -0.2) is 22.5 Å². The lowest BCUT2D eigenvalue weighted by molar-refractivity contribution is 0.762. The highest BCUT2D eigenvalue weighted by molar-refractivity contribution is 9.10. The largest absolute Gasteiger partial charge is 0.397 e. The Morgan fingerprint density at radius 3 is 3.00 bits per heavy atom. The molecule has 1 saturated carbocycles. The summed E-state index contributed by atoms with van der Waals surface area (Å²) in [6.45, 7) is 2.01. The van der Waals surface area contributed by atoms with Gasteiger partial charge in [-0.1, -0.05) is 6.42 Å². The van der Waals surface area contributed by atoms with Crippen molar-refractivity contribution in [1.82, 2.24) is 4.98 Å². The molecule has 2 atom stereocenters. The molecule has 2 rings (SSSR count). The number of nitrogen functional groups attached to an aromatic ring is 1. The fourth-order valence-electron chi connectivity index (χ4n) is 2.24. The highest BCUT2D eigenvalue weighted by Gasteiger charge is 2.27. The molecule has 0 aromatic carbocycles. The first-order valence-corrected chi connectivity index (χ1v) is 7.91. The molecule has 1 heterocycles. The number of aromatic nitrogens is 1. The van der Waals surface area contributed by atoms with E-state index in [1.807, 2.05) is 18.7 Å². The van der Waals surface area contributed by atoms with Crippen molar-refractivity contribution in [1.29, 1.82) is 0 Å². The number of thioether (sulfide) groups is 1. The molecule has 94 valence electrons. The molecule has 0 amide bonds. The number of nitrogens with zero attached hydrogens (tertiary/aromatic N) is 1. The van der Waals surface area contributed by atoms with Gasteiger partial charge in [0.1, 0.15) is 5.82 Å². The van der Waals surface area contributed by atoms with Crippen LogP contribution in [0.5, 0.6) is 0 Å². The van der Waals surface area contributed by atoms with E-state index in [1.165, 1.54) is 19.3 Å². The lowest BCUT2D eigenvalue weighted by Crippen LogP contribution is -2.26. The first-order chi connectivity index (χ1) is 8.13. The minimum atomic E-state index is 0.525. The molecule has 0 bridgehead atoms. The Morgan fingerprint density at radius 1 is 1.53 bits per heavy atom. The standard InChI is InChI=1S/C12H18BrN3S/c1-7-8(14)6-15-12(11(7)13)16-9-4-3-5-10(9)17-2/h6,9-10H,3-5,14H2,1-2H3,(H,15,16). The van der Waals surface area contributed by atoms with Crippen LogP contribution in [0.3, 0.4) is 0 Å². The van der Waals surface area contributed by atoms with E-state index in [4.69, 9.17) is 5.73 Å². The zero-order valence-electron chi connectivity index (χ0n) is 10.2. The van der Waals surface area contributed by atoms with Crippen LogP contribution in [0.25, 0.3) is 0 Å². The van der Waals surface area contributed by atoms with Gasteiger partial charge in [-0.15, -0.1) is 0 Å².